The van der Waals surface area contributed by atoms with E-state index in [0.29, 0.717) is 0 Å². The van der Waals surface area contributed by atoms with Crippen LogP contribution >= 0.6 is 0 Å². The van der Waals surface area contributed by atoms with Gasteiger partial charge in [0.1, 0.15) is 26.9 Å². The number of carbonyl (C=O) groups is 1. The van der Waals surface area contributed by atoms with Gasteiger partial charge in [-0.15, -0.1) is 5.54 Å². The fourth-order valence-corrected chi connectivity index (χ4v) is 2.47. The fraction of sp³-hybridized carbons (Fsp3) is 0.588. The highest BCUT2D eigenvalue weighted by atomic mass is 28.3. The van der Waals surface area contributed by atoms with Gasteiger partial charge in [0.05, 0.1) is 6.61 Å². The minimum atomic E-state index is -1.34. The van der Waals surface area contributed by atoms with Crippen LogP contribution in [0.5, 0.6) is 0 Å². The van der Waals surface area contributed by atoms with Gasteiger partial charge >= 0.3 is 5.97 Å². The topological polar surface area (TPSA) is 65.0 Å². The second kappa shape index (κ2) is 8.46. The first-order chi connectivity index (χ1) is 10.6. The zero-order chi connectivity index (χ0) is 17.5. The molecule has 0 unspecified atom stereocenters. The molecule has 128 valence electrons. The third-order valence-corrected chi connectivity index (χ3v) is 3.66. The average molecular weight is 338 g/mol. The number of allylic oxidation sites excluding steroid dienone is 3. The summed E-state index contributed by atoms with van der Waals surface area (Å²) < 4.78 is 16.6. The second-order valence-corrected chi connectivity index (χ2v) is 11.6. The van der Waals surface area contributed by atoms with E-state index in [1.165, 1.54) is 0 Å². The summed E-state index contributed by atoms with van der Waals surface area (Å²) in [6, 6.07) is 0. The van der Waals surface area contributed by atoms with Crippen LogP contribution < -0.4 is 0 Å². The number of hydrogen-bond donors (Lipinski definition) is 1. The minimum Gasteiger partial charge on any atom is -0.480 e. The zero-order valence-electron chi connectivity index (χ0n) is 14.5. The van der Waals surface area contributed by atoms with Gasteiger partial charge in [0.25, 0.3) is 0 Å². The third kappa shape index (κ3) is 8.72. The maximum atomic E-state index is 10.5. The van der Waals surface area contributed by atoms with Crippen LogP contribution in [0.3, 0.4) is 0 Å². The molecule has 2 atom stereocenters. The van der Waals surface area contributed by atoms with Gasteiger partial charge in [-0.3, -0.25) is 0 Å². The first kappa shape index (κ1) is 19.7. The molecule has 0 aromatic heterocycles. The van der Waals surface area contributed by atoms with Crippen molar-refractivity contribution in [2.24, 2.45) is 0 Å². The number of ether oxygens (including phenoxy) is 3. The predicted octanol–water partition coefficient (Wildman–Crippen LogP) is 2.60. The maximum absolute atomic E-state index is 10.5. The van der Waals surface area contributed by atoms with E-state index < -0.39 is 19.8 Å². The molecule has 0 radical (unpaired) electrons. The highest BCUT2D eigenvalue weighted by Crippen LogP contribution is 2.29. The Morgan fingerprint density at radius 1 is 1.30 bits per heavy atom. The predicted molar refractivity (Wildman–Crippen MR) is 91.7 cm³/mol. The summed E-state index contributed by atoms with van der Waals surface area (Å²) in [5, 5.41) is 8.61. The SMILES string of the molecule is CC1(C)O[C@@H](COCC(=O)O)[C@@H](/C=C\C=C\C#C[Si](C)(C)C)O1. The Morgan fingerprint density at radius 2 is 2.00 bits per heavy atom. The van der Waals surface area contributed by atoms with Crippen LogP contribution in [0.2, 0.25) is 19.6 Å². The lowest BCUT2D eigenvalue weighted by molar-refractivity contribution is -0.152. The van der Waals surface area contributed by atoms with Crippen LogP contribution in [0, 0.1) is 11.5 Å². The molecule has 1 saturated heterocycles. The molecule has 0 aromatic rings. The van der Waals surface area contributed by atoms with Crippen molar-refractivity contribution in [3.8, 4) is 11.5 Å². The second-order valence-electron chi connectivity index (χ2n) is 6.81. The molecule has 1 rings (SSSR count). The number of rotatable bonds is 6. The lowest BCUT2D eigenvalue weighted by Gasteiger charge is -2.16. The average Bonchev–Trinajstić information content (AvgIpc) is 2.66. The summed E-state index contributed by atoms with van der Waals surface area (Å²) in [5.41, 5.74) is 3.25. The first-order valence-electron chi connectivity index (χ1n) is 7.60. The molecule has 0 amide bonds. The summed E-state index contributed by atoms with van der Waals surface area (Å²) in [4.78, 5) is 10.5. The lowest BCUT2D eigenvalue weighted by Crippen LogP contribution is -2.27. The molecule has 0 saturated carbocycles. The van der Waals surface area contributed by atoms with Crippen LogP contribution in [-0.4, -0.2) is 50.4 Å². The number of aliphatic carboxylic acids is 1. The van der Waals surface area contributed by atoms with Crippen LogP contribution in [-0.2, 0) is 19.0 Å². The molecule has 0 spiro atoms. The van der Waals surface area contributed by atoms with Crippen LogP contribution in [0.15, 0.2) is 24.3 Å². The summed E-state index contributed by atoms with van der Waals surface area (Å²) in [6.45, 7) is 10.0. The van der Waals surface area contributed by atoms with E-state index in [9.17, 15) is 4.79 Å². The van der Waals surface area contributed by atoms with Crippen molar-refractivity contribution in [3.05, 3.63) is 24.3 Å². The summed E-state index contributed by atoms with van der Waals surface area (Å²) in [5.74, 6) is 1.33. The fourth-order valence-electron chi connectivity index (χ4n) is 1.95. The molecule has 1 heterocycles. The van der Waals surface area contributed by atoms with Gasteiger partial charge in [-0.25, -0.2) is 4.79 Å². The van der Waals surface area contributed by atoms with E-state index in [2.05, 4.69) is 31.1 Å². The van der Waals surface area contributed by atoms with E-state index in [1.54, 1.807) is 0 Å². The molecule has 1 fully saturated rings. The lowest BCUT2D eigenvalue weighted by atomic mass is 10.2. The van der Waals surface area contributed by atoms with Crippen molar-refractivity contribution in [2.45, 2.75) is 51.5 Å². The Kier molecular flexibility index (Phi) is 7.23. The number of carboxylic acids is 1. The van der Waals surface area contributed by atoms with Gasteiger partial charge in [-0.1, -0.05) is 43.8 Å². The van der Waals surface area contributed by atoms with Crippen molar-refractivity contribution in [1.29, 1.82) is 0 Å². The number of hydrogen-bond acceptors (Lipinski definition) is 4. The molecule has 5 nitrogen and oxygen atoms in total. The summed E-state index contributed by atoms with van der Waals surface area (Å²) in [7, 11) is -1.34. The van der Waals surface area contributed by atoms with E-state index in [4.69, 9.17) is 19.3 Å². The van der Waals surface area contributed by atoms with E-state index in [1.807, 2.05) is 38.2 Å². The van der Waals surface area contributed by atoms with Gasteiger partial charge in [0.2, 0.25) is 0 Å². The number of carboxylic acid groups (broad SMARTS) is 1. The Hall–Kier alpha value is -1.39. The van der Waals surface area contributed by atoms with Gasteiger partial charge in [0, 0.05) is 0 Å². The molecule has 0 bridgehead atoms. The van der Waals surface area contributed by atoms with Crippen molar-refractivity contribution in [3.63, 3.8) is 0 Å². The largest absolute Gasteiger partial charge is 0.480 e. The molecule has 6 heteroatoms. The van der Waals surface area contributed by atoms with Crippen LogP contribution in [0.25, 0.3) is 0 Å². The highest BCUT2D eigenvalue weighted by molar-refractivity contribution is 6.83. The Balaban J connectivity index is 2.56. The Bertz CT molecular complexity index is 519. The highest BCUT2D eigenvalue weighted by Gasteiger charge is 2.39. The Morgan fingerprint density at radius 3 is 2.61 bits per heavy atom. The summed E-state index contributed by atoms with van der Waals surface area (Å²) in [6.07, 6.45) is 6.78. The van der Waals surface area contributed by atoms with E-state index >= 15 is 0 Å². The van der Waals surface area contributed by atoms with Crippen LogP contribution in [0.1, 0.15) is 13.8 Å². The minimum absolute atomic E-state index is 0.171. The zero-order valence-corrected chi connectivity index (χ0v) is 15.5. The van der Waals surface area contributed by atoms with Gasteiger partial charge in [0.15, 0.2) is 5.79 Å². The van der Waals surface area contributed by atoms with Gasteiger partial charge < -0.3 is 19.3 Å². The molecule has 0 aromatic carbocycles. The molecule has 1 aliphatic rings. The first-order valence-corrected chi connectivity index (χ1v) is 11.1. The molecule has 23 heavy (non-hydrogen) atoms. The van der Waals surface area contributed by atoms with Gasteiger partial charge in [-0.2, -0.15) is 0 Å². The van der Waals surface area contributed by atoms with Gasteiger partial charge in [-0.05, 0) is 19.9 Å². The van der Waals surface area contributed by atoms with Crippen LogP contribution in [0.4, 0.5) is 0 Å². The summed E-state index contributed by atoms with van der Waals surface area (Å²) >= 11 is 0. The monoisotopic (exact) mass is 338 g/mol. The van der Waals surface area contributed by atoms with Crippen molar-refractivity contribution >= 4 is 14.0 Å². The standard InChI is InChI=1S/C17H26O5Si/c1-17(2)21-14(15(22-17)12-20-13-16(18)19)10-8-6-7-9-11-23(3,4)5/h6-8,10,14-15H,12-13H2,1-5H3,(H,18,19)/b7-6+,10-8-/t14-,15+/m1/s1. The van der Waals surface area contributed by atoms with Crippen molar-refractivity contribution in [1.82, 2.24) is 0 Å². The molecular formula is C17H26O5Si. The maximum Gasteiger partial charge on any atom is 0.329 e. The molecular weight excluding hydrogens is 312 g/mol. The quantitative estimate of drug-likeness (QED) is 0.458. The smallest absolute Gasteiger partial charge is 0.329 e. The van der Waals surface area contributed by atoms with Crippen molar-refractivity contribution < 1.29 is 24.1 Å². The third-order valence-electron chi connectivity index (χ3n) is 2.77. The van der Waals surface area contributed by atoms with Crippen molar-refractivity contribution in [2.75, 3.05) is 13.2 Å². The normalized spacial score (nSPS) is 24.0. The Labute approximate surface area is 139 Å². The molecule has 0 aliphatic carbocycles. The molecule has 1 aliphatic heterocycles. The molecule has 1 N–H and O–H groups in total. The van der Waals surface area contributed by atoms with E-state index in [-0.39, 0.29) is 25.4 Å². The van der Waals surface area contributed by atoms with E-state index in [0.717, 1.165) is 0 Å².